The van der Waals surface area contributed by atoms with E-state index in [-0.39, 0.29) is 12.5 Å². The van der Waals surface area contributed by atoms with Crippen LogP contribution in [0.3, 0.4) is 0 Å². The minimum Gasteiger partial charge on any atom is -0.481 e. The maximum atomic E-state index is 10.5. The predicted octanol–water partition coefficient (Wildman–Crippen LogP) is 1.33. The molecular formula is C10H15N3O2. The number of hydrogen-bond acceptors (Lipinski definition) is 3. The summed E-state index contributed by atoms with van der Waals surface area (Å²) in [6.07, 6.45) is 3.93. The minimum absolute atomic E-state index is 0.211. The third kappa shape index (κ3) is 2.16. The molecule has 1 unspecified atom stereocenters. The summed E-state index contributed by atoms with van der Waals surface area (Å²) in [5.74, 6) is 1.06. The summed E-state index contributed by atoms with van der Waals surface area (Å²) in [5.41, 5.74) is 0. The summed E-state index contributed by atoms with van der Waals surface area (Å²) >= 11 is 0. The monoisotopic (exact) mass is 209 g/mol. The molecule has 1 aromatic rings. The maximum Gasteiger partial charge on any atom is 0.303 e. The SMILES string of the molecule is Cc1nc2n(n1)C(CCC(=O)O)CCC2. The Hall–Kier alpha value is -1.39. The molecular weight excluding hydrogens is 194 g/mol. The molecule has 15 heavy (non-hydrogen) atoms. The molecule has 0 saturated carbocycles. The van der Waals surface area contributed by atoms with Crippen molar-refractivity contribution in [2.45, 2.75) is 45.1 Å². The lowest BCUT2D eigenvalue weighted by Gasteiger charge is -2.22. The number of aromatic nitrogens is 3. The van der Waals surface area contributed by atoms with Gasteiger partial charge in [0.1, 0.15) is 11.6 Å². The highest BCUT2D eigenvalue weighted by Gasteiger charge is 2.22. The molecule has 0 amide bonds. The van der Waals surface area contributed by atoms with E-state index in [9.17, 15) is 4.79 Å². The highest BCUT2D eigenvalue weighted by Crippen LogP contribution is 2.26. The Morgan fingerprint density at radius 1 is 1.67 bits per heavy atom. The molecule has 0 bridgehead atoms. The smallest absolute Gasteiger partial charge is 0.303 e. The molecule has 1 aromatic heterocycles. The van der Waals surface area contributed by atoms with Crippen LogP contribution < -0.4 is 0 Å². The fraction of sp³-hybridized carbons (Fsp3) is 0.700. The lowest BCUT2D eigenvalue weighted by atomic mass is 10.0. The summed E-state index contributed by atoms with van der Waals surface area (Å²) in [6, 6.07) is 0.228. The molecule has 0 aliphatic carbocycles. The first kappa shape index (κ1) is 10.1. The summed E-state index contributed by atoms with van der Waals surface area (Å²) in [7, 11) is 0. The molecule has 82 valence electrons. The van der Waals surface area contributed by atoms with Crippen LogP contribution in [0.5, 0.6) is 0 Å². The number of aliphatic carboxylic acids is 1. The minimum atomic E-state index is -0.737. The molecule has 2 rings (SSSR count). The van der Waals surface area contributed by atoms with E-state index in [1.807, 2.05) is 11.6 Å². The molecule has 0 radical (unpaired) electrons. The van der Waals surface area contributed by atoms with Crippen LogP contribution in [0.1, 0.15) is 43.4 Å². The Bertz CT molecular complexity index is 373. The Morgan fingerprint density at radius 3 is 3.20 bits per heavy atom. The lowest BCUT2D eigenvalue weighted by Crippen LogP contribution is -2.20. The van der Waals surface area contributed by atoms with Gasteiger partial charge in [-0.25, -0.2) is 9.67 Å². The van der Waals surface area contributed by atoms with Crippen molar-refractivity contribution in [1.82, 2.24) is 14.8 Å². The van der Waals surface area contributed by atoms with Gasteiger partial charge in [-0.15, -0.1) is 0 Å². The quantitative estimate of drug-likeness (QED) is 0.815. The third-order valence-electron chi connectivity index (χ3n) is 2.78. The molecule has 2 heterocycles. The van der Waals surface area contributed by atoms with Crippen LogP contribution in [0.25, 0.3) is 0 Å². The van der Waals surface area contributed by atoms with Crippen molar-refractivity contribution in [1.29, 1.82) is 0 Å². The second-order valence-corrected chi connectivity index (χ2v) is 4.00. The van der Waals surface area contributed by atoms with Gasteiger partial charge in [-0.1, -0.05) is 0 Å². The zero-order valence-corrected chi connectivity index (χ0v) is 8.81. The molecule has 1 atom stereocenters. The fourth-order valence-electron chi connectivity index (χ4n) is 2.11. The fourth-order valence-corrected chi connectivity index (χ4v) is 2.11. The van der Waals surface area contributed by atoms with Crippen molar-refractivity contribution in [2.24, 2.45) is 0 Å². The summed E-state index contributed by atoms with van der Waals surface area (Å²) in [6.45, 7) is 1.87. The van der Waals surface area contributed by atoms with E-state index in [0.29, 0.717) is 6.42 Å². The largest absolute Gasteiger partial charge is 0.481 e. The van der Waals surface area contributed by atoms with E-state index >= 15 is 0 Å². The zero-order valence-electron chi connectivity index (χ0n) is 8.81. The first-order valence-electron chi connectivity index (χ1n) is 5.30. The van der Waals surface area contributed by atoms with Gasteiger partial charge >= 0.3 is 5.97 Å². The van der Waals surface area contributed by atoms with E-state index in [2.05, 4.69) is 10.1 Å². The van der Waals surface area contributed by atoms with E-state index < -0.39 is 5.97 Å². The highest BCUT2D eigenvalue weighted by molar-refractivity contribution is 5.66. The molecule has 0 fully saturated rings. The van der Waals surface area contributed by atoms with Crippen molar-refractivity contribution < 1.29 is 9.90 Å². The van der Waals surface area contributed by atoms with Gasteiger partial charge in [0.2, 0.25) is 0 Å². The highest BCUT2D eigenvalue weighted by atomic mass is 16.4. The molecule has 1 N–H and O–H groups in total. The normalized spacial score (nSPS) is 19.9. The van der Waals surface area contributed by atoms with Gasteiger partial charge in [0, 0.05) is 12.8 Å². The van der Waals surface area contributed by atoms with Crippen molar-refractivity contribution in [2.75, 3.05) is 0 Å². The number of hydrogen-bond donors (Lipinski definition) is 1. The van der Waals surface area contributed by atoms with Crippen LogP contribution in [0.15, 0.2) is 0 Å². The van der Waals surface area contributed by atoms with Crippen molar-refractivity contribution in [3.05, 3.63) is 11.6 Å². The van der Waals surface area contributed by atoms with Crippen LogP contribution >= 0.6 is 0 Å². The van der Waals surface area contributed by atoms with Gasteiger partial charge < -0.3 is 5.11 Å². The average Bonchev–Trinajstić information content (AvgIpc) is 2.55. The first-order chi connectivity index (χ1) is 7.16. The number of aryl methyl sites for hydroxylation is 2. The lowest BCUT2D eigenvalue weighted by molar-refractivity contribution is -0.137. The molecule has 0 aromatic carbocycles. The summed E-state index contributed by atoms with van der Waals surface area (Å²) in [4.78, 5) is 14.8. The van der Waals surface area contributed by atoms with E-state index in [1.54, 1.807) is 0 Å². The second-order valence-electron chi connectivity index (χ2n) is 4.00. The van der Waals surface area contributed by atoms with Crippen LogP contribution in [0.2, 0.25) is 0 Å². The second kappa shape index (κ2) is 4.00. The Labute approximate surface area is 88.1 Å². The van der Waals surface area contributed by atoms with Gasteiger partial charge in [-0.3, -0.25) is 4.79 Å². The van der Waals surface area contributed by atoms with Gasteiger partial charge in [0.05, 0.1) is 6.04 Å². The molecule has 1 aliphatic rings. The Morgan fingerprint density at radius 2 is 2.47 bits per heavy atom. The van der Waals surface area contributed by atoms with Crippen LogP contribution in [0, 0.1) is 6.92 Å². The number of nitrogens with zero attached hydrogens (tertiary/aromatic N) is 3. The third-order valence-corrected chi connectivity index (χ3v) is 2.78. The number of carboxylic acid groups (broad SMARTS) is 1. The van der Waals surface area contributed by atoms with Crippen LogP contribution in [-0.2, 0) is 11.2 Å². The summed E-state index contributed by atoms with van der Waals surface area (Å²) in [5, 5.41) is 13.0. The van der Waals surface area contributed by atoms with E-state index in [1.165, 1.54) is 0 Å². The van der Waals surface area contributed by atoms with Crippen molar-refractivity contribution in [3.63, 3.8) is 0 Å². The van der Waals surface area contributed by atoms with Gasteiger partial charge in [-0.05, 0) is 26.2 Å². The number of fused-ring (bicyclic) bond motifs is 1. The number of carbonyl (C=O) groups is 1. The molecule has 5 heteroatoms. The topological polar surface area (TPSA) is 68.0 Å². The predicted molar refractivity (Wildman–Crippen MR) is 53.6 cm³/mol. The maximum absolute atomic E-state index is 10.5. The first-order valence-corrected chi connectivity index (χ1v) is 5.30. The van der Waals surface area contributed by atoms with Crippen molar-refractivity contribution >= 4 is 5.97 Å². The van der Waals surface area contributed by atoms with Gasteiger partial charge in [0.15, 0.2) is 0 Å². The number of rotatable bonds is 3. The molecule has 5 nitrogen and oxygen atoms in total. The standard InChI is InChI=1S/C10H15N3O2/c1-7-11-9-4-2-3-8(13(9)12-7)5-6-10(14)15/h8H,2-6H2,1H3,(H,14,15). The van der Waals surface area contributed by atoms with E-state index in [4.69, 9.17) is 5.11 Å². The van der Waals surface area contributed by atoms with Gasteiger partial charge in [0.25, 0.3) is 0 Å². The van der Waals surface area contributed by atoms with Crippen LogP contribution in [0.4, 0.5) is 0 Å². The van der Waals surface area contributed by atoms with Crippen molar-refractivity contribution in [3.8, 4) is 0 Å². The molecule has 1 aliphatic heterocycles. The number of carboxylic acids is 1. The average molecular weight is 209 g/mol. The van der Waals surface area contributed by atoms with E-state index in [0.717, 1.165) is 30.9 Å². The Balaban J connectivity index is 2.11. The van der Waals surface area contributed by atoms with Gasteiger partial charge in [-0.2, -0.15) is 5.10 Å². The summed E-state index contributed by atoms with van der Waals surface area (Å²) < 4.78 is 1.92. The Kier molecular flexibility index (Phi) is 2.70. The molecule has 0 spiro atoms. The zero-order chi connectivity index (χ0) is 10.8. The molecule has 0 saturated heterocycles. The van der Waals surface area contributed by atoms with Crippen LogP contribution in [-0.4, -0.2) is 25.8 Å².